The molecule has 2 aromatic rings. The van der Waals surface area contributed by atoms with E-state index in [9.17, 15) is 22.8 Å². The van der Waals surface area contributed by atoms with Crippen molar-refractivity contribution in [2.45, 2.75) is 16.5 Å². The number of fused-ring (bicyclic) bond motifs is 1. The average Bonchev–Trinajstić information content (AvgIpc) is 2.64. The van der Waals surface area contributed by atoms with Crippen molar-refractivity contribution in [3.63, 3.8) is 0 Å². The molecule has 1 N–H and O–H groups in total. The van der Waals surface area contributed by atoms with E-state index in [4.69, 9.17) is 0 Å². The molecule has 3 rings (SSSR count). The van der Waals surface area contributed by atoms with Crippen LogP contribution in [0.25, 0.3) is 6.08 Å². The summed E-state index contributed by atoms with van der Waals surface area (Å²) in [6.45, 7) is -0.177. The molecule has 0 aromatic heterocycles. The number of hydrogen-bond donors (Lipinski definition) is 1. The van der Waals surface area contributed by atoms with Crippen LogP contribution in [-0.2, 0) is 4.79 Å². The zero-order valence-electron chi connectivity index (χ0n) is 13.8. The molecular formula is C19H14F3NO3S. The molecule has 0 fully saturated rings. The molecule has 2 aromatic carbocycles. The molecule has 1 atom stereocenters. The first-order valence-corrected chi connectivity index (χ1v) is 8.80. The van der Waals surface area contributed by atoms with Gasteiger partial charge in [0, 0.05) is 10.5 Å². The first kappa shape index (κ1) is 19.0. The van der Waals surface area contributed by atoms with Crippen molar-refractivity contribution < 1.29 is 27.5 Å². The summed E-state index contributed by atoms with van der Waals surface area (Å²) >= 11 is 1.41. The normalized spacial score (nSPS) is 15.7. The predicted octanol–water partition coefficient (Wildman–Crippen LogP) is 4.07. The minimum absolute atomic E-state index is 0.134. The van der Waals surface area contributed by atoms with Gasteiger partial charge in [-0.25, -0.2) is 0 Å². The van der Waals surface area contributed by atoms with Crippen molar-refractivity contribution >= 4 is 29.5 Å². The van der Waals surface area contributed by atoms with E-state index in [1.54, 1.807) is 6.08 Å². The molecule has 0 bridgehead atoms. The van der Waals surface area contributed by atoms with Gasteiger partial charge in [-0.05, 0) is 35.9 Å². The molecule has 0 radical (unpaired) electrons. The summed E-state index contributed by atoms with van der Waals surface area (Å²) in [6.07, 6.45) is -1.14. The summed E-state index contributed by atoms with van der Waals surface area (Å²) < 4.78 is 40.1. The van der Waals surface area contributed by atoms with Gasteiger partial charge in [0.15, 0.2) is 5.78 Å². The molecule has 1 amide bonds. The van der Waals surface area contributed by atoms with Crippen LogP contribution in [0.4, 0.5) is 13.2 Å². The Bertz CT molecular complexity index is 879. The van der Waals surface area contributed by atoms with Gasteiger partial charge in [0.1, 0.15) is 5.75 Å². The van der Waals surface area contributed by atoms with Gasteiger partial charge in [0.05, 0.1) is 11.8 Å². The van der Waals surface area contributed by atoms with Gasteiger partial charge in [-0.1, -0.05) is 30.4 Å². The molecule has 140 valence electrons. The van der Waals surface area contributed by atoms with Crippen LogP contribution in [0.1, 0.15) is 15.9 Å². The molecule has 27 heavy (non-hydrogen) atoms. The fourth-order valence-electron chi connectivity index (χ4n) is 2.44. The highest BCUT2D eigenvalue weighted by molar-refractivity contribution is 8.01. The standard InChI is InChI=1S/C19H14F3NO3S/c20-19(21,22)26-14-8-5-13(6-9-14)18(25)23-11-15(24)17-10-7-12-3-1-2-4-16(12)27-17/h1-10,17H,11H2,(H,23,25). The molecule has 4 nitrogen and oxygen atoms in total. The van der Waals surface area contributed by atoms with Crippen LogP contribution in [0.3, 0.4) is 0 Å². The molecule has 1 heterocycles. The quantitative estimate of drug-likeness (QED) is 0.832. The Kier molecular flexibility index (Phi) is 5.55. The Hall–Kier alpha value is -2.74. The maximum Gasteiger partial charge on any atom is 0.573 e. The Balaban J connectivity index is 1.54. The number of carbonyl (C=O) groups is 2. The SMILES string of the molecule is O=C(NCC(=O)C1C=Cc2ccccc2S1)c1ccc(OC(F)(F)F)cc1. The lowest BCUT2D eigenvalue weighted by Crippen LogP contribution is -2.33. The van der Waals surface area contributed by atoms with Crippen molar-refractivity contribution in [3.05, 3.63) is 65.7 Å². The number of rotatable bonds is 5. The van der Waals surface area contributed by atoms with E-state index in [0.29, 0.717) is 0 Å². The summed E-state index contributed by atoms with van der Waals surface area (Å²) in [5.41, 5.74) is 1.17. The predicted molar refractivity (Wildman–Crippen MR) is 95.6 cm³/mol. The van der Waals surface area contributed by atoms with Gasteiger partial charge in [-0.3, -0.25) is 9.59 Å². The number of benzene rings is 2. The maximum absolute atomic E-state index is 12.3. The number of alkyl halides is 3. The van der Waals surface area contributed by atoms with E-state index in [1.807, 2.05) is 30.3 Å². The van der Waals surface area contributed by atoms with Crippen molar-refractivity contribution in [1.82, 2.24) is 5.32 Å². The van der Waals surface area contributed by atoms with Crippen molar-refractivity contribution in [1.29, 1.82) is 0 Å². The number of Topliss-reactive ketones (excluding diaryl/α,β-unsaturated/α-hetero) is 1. The summed E-state index contributed by atoms with van der Waals surface area (Å²) in [7, 11) is 0. The highest BCUT2D eigenvalue weighted by Crippen LogP contribution is 2.33. The second-order valence-corrected chi connectivity index (χ2v) is 6.84. The molecule has 0 aliphatic carbocycles. The van der Waals surface area contributed by atoms with E-state index < -0.39 is 23.3 Å². The maximum atomic E-state index is 12.3. The van der Waals surface area contributed by atoms with Gasteiger partial charge < -0.3 is 10.1 Å². The van der Waals surface area contributed by atoms with Gasteiger partial charge in [-0.2, -0.15) is 0 Å². The number of hydrogen-bond acceptors (Lipinski definition) is 4. The highest BCUT2D eigenvalue weighted by atomic mass is 32.2. The highest BCUT2D eigenvalue weighted by Gasteiger charge is 2.31. The van der Waals surface area contributed by atoms with Crippen LogP contribution in [-0.4, -0.2) is 29.8 Å². The van der Waals surface area contributed by atoms with Crippen molar-refractivity contribution in [3.8, 4) is 5.75 Å². The van der Waals surface area contributed by atoms with Gasteiger partial charge in [0.2, 0.25) is 0 Å². The fourth-order valence-corrected chi connectivity index (χ4v) is 3.52. The van der Waals surface area contributed by atoms with E-state index in [1.165, 1.54) is 23.9 Å². The minimum atomic E-state index is -4.79. The van der Waals surface area contributed by atoms with Gasteiger partial charge in [-0.15, -0.1) is 24.9 Å². The zero-order chi connectivity index (χ0) is 19.4. The summed E-state index contributed by atoms with van der Waals surface area (Å²) in [5, 5.41) is 2.09. The van der Waals surface area contributed by atoms with Gasteiger partial charge in [0.25, 0.3) is 5.91 Å². The Morgan fingerprint density at radius 1 is 1.07 bits per heavy atom. The van der Waals surface area contributed by atoms with Crippen LogP contribution in [0, 0.1) is 0 Å². The fraction of sp³-hybridized carbons (Fsp3) is 0.158. The molecule has 1 unspecified atom stereocenters. The molecule has 0 saturated carbocycles. The number of carbonyl (C=O) groups excluding carboxylic acids is 2. The number of nitrogens with one attached hydrogen (secondary N) is 1. The van der Waals surface area contributed by atoms with Crippen molar-refractivity contribution in [2.24, 2.45) is 0 Å². The van der Waals surface area contributed by atoms with Crippen LogP contribution in [0.5, 0.6) is 5.75 Å². The molecule has 0 spiro atoms. The minimum Gasteiger partial charge on any atom is -0.406 e. The monoisotopic (exact) mass is 393 g/mol. The Labute approximate surface area is 157 Å². The first-order chi connectivity index (χ1) is 12.8. The average molecular weight is 393 g/mol. The molecule has 1 aliphatic heterocycles. The number of ketones is 1. The topological polar surface area (TPSA) is 55.4 Å². The molecule has 1 aliphatic rings. The smallest absolute Gasteiger partial charge is 0.406 e. The third-order valence-electron chi connectivity index (χ3n) is 3.71. The second-order valence-electron chi connectivity index (χ2n) is 5.66. The third kappa shape index (κ3) is 5.13. The lowest BCUT2D eigenvalue weighted by Gasteiger charge is -2.18. The van der Waals surface area contributed by atoms with Crippen molar-refractivity contribution in [2.75, 3.05) is 6.54 Å². The van der Waals surface area contributed by atoms with Crippen LogP contribution in [0.15, 0.2) is 59.5 Å². The van der Waals surface area contributed by atoms with E-state index in [2.05, 4.69) is 10.1 Å². The largest absolute Gasteiger partial charge is 0.573 e. The summed E-state index contributed by atoms with van der Waals surface area (Å²) in [4.78, 5) is 25.4. The summed E-state index contributed by atoms with van der Waals surface area (Å²) in [5.74, 6) is -1.14. The lowest BCUT2D eigenvalue weighted by molar-refractivity contribution is -0.274. The first-order valence-electron chi connectivity index (χ1n) is 7.92. The third-order valence-corrected chi connectivity index (χ3v) is 5.01. The molecular weight excluding hydrogens is 379 g/mol. The van der Waals surface area contributed by atoms with Crippen LogP contribution in [0.2, 0.25) is 0 Å². The van der Waals surface area contributed by atoms with E-state index >= 15 is 0 Å². The van der Waals surface area contributed by atoms with Gasteiger partial charge >= 0.3 is 6.36 Å². The second kappa shape index (κ2) is 7.87. The Morgan fingerprint density at radius 3 is 2.48 bits per heavy atom. The molecule has 0 saturated heterocycles. The van der Waals surface area contributed by atoms with Crippen LogP contribution < -0.4 is 10.1 Å². The number of thioether (sulfide) groups is 1. The lowest BCUT2D eigenvalue weighted by atomic mass is 10.1. The Morgan fingerprint density at radius 2 is 1.78 bits per heavy atom. The van der Waals surface area contributed by atoms with Crippen LogP contribution >= 0.6 is 11.8 Å². The zero-order valence-corrected chi connectivity index (χ0v) is 14.6. The summed E-state index contributed by atoms with van der Waals surface area (Å²) in [6, 6.07) is 12.2. The number of ether oxygens (including phenoxy) is 1. The number of amides is 1. The molecule has 8 heteroatoms. The van der Waals surface area contributed by atoms with E-state index in [0.717, 1.165) is 22.6 Å². The number of halogens is 3. The van der Waals surface area contributed by atoms with E-state index in [-0.39, 0.29) is 17.9 Å².